The summed E-state index contributed by atoms with van der Waals surface area (Å²) in [5.74, 6) is 0.867. The topological polar surface area (TPSA) is 58.2 Å². The highest BCUT2D eigenvalue weighted by atomic mass is 16.5. The summed E-state index contributed by atoms with van der Waals surface area (Å²) in [5, 5.41) is 0. The number of hydrogen-bond donors (Lipinski definition) is 1. The van der Waals surface area contributed by atoms with E-state index in [1.807, 2.05) is 36.4 Å². The summed E-state index contributed by atoms with van der Waals surface area (Å²) in [6, 6.07) is 16.1. The van der Waals surface area contributed by atoms with E-state index >= 15 is 0 Å². The molecule has 1 atom stereocenters. The van der Waals surface area contributed by atoms with Gasteiger partial charge in [0.15, 0.2) is 0 Å². The van der Waals surface area contributed by atoms with Gasteiger partial charge in [0.1, 0.15) is 11.4 Å². The van der Waals surface area contributed by atoms with Crippen LogP contribution in [0.1, 0.15) is 30.1 Å². The molecule has 0 spiro atoms. The molecule has 2 aromatic carbocycles. The van der Waals surface area contributed by atoms with E-state index in [1.54, 1.807) is 7.11 Å². The number of nitrogens with zero attached hydrogens (tertiary/aromatic N) is 2. The van der Waals surface area contributed by atoms with E-state index in [0.29, 0.717) is 18.3 Å². The van der Waals surface area contributed by atoms with Gasteiger partial charge in [-0.2, -0.15) is 0 Å². The number of benzene rings is 2. The van der Waals surface area contributed by atoms with Crippen molar-refractivity contribution in [1.29, 1.82) is 0 Å². The Morgan fingerprint density at radius 2 is 2.12 bits per heavy atom. The van der Waals surface area contributed by atoms with Crippen LogP contribution in [0.25, 0.3) is 11.0 Å². The molecule has 1 aliphatic heterocycles. The summed E-state index contributed by atoms with van der Waals surface area (Å²) >= 11 is 0. The van der Waals surface area contributed by atoms with E-state index < -0.39 is 0 Å². The minimum atomic E-state index is -0.102. The lowest BCUT2D eigenvalue weighted by molar-refractivity contribution is 0.244. The van der Waals surface area contributed by atoms with E-state index in [-0.39, 0.29) is 5.56 Å². The third-order valence-electron chi connectivity index (χ3n) is 4.86. The first kappa shape index (κ1) is 15.8. The van der Waals surface area contributed by atoms with E-state index in [2.05, 4.69) is 27.0 Å². The van der Waals surface area contributed by atoms with Crippen LogP contribution in [-0.4, -0.2) is 28.5 Å². The molecule has 0 radical (unpaired) electrons. The van der Waals surface area contributed by atoms with Crippen LogP contribution in [0.3, 0.4) is 0 Å². The number of hydrogen-bond acceptors (Lipinski definition) is 4. The quantitative estimate of drug-likeness (QED) is 0.795. The first-order valence-electron chi connectivity index (χ1n) is 8.60. The summed E-state index contributed by atoms with van der Waals surface area (Å²) < 4.78 is 5.35. The maximum absolute atomic E-state index is 12.4. The molecule has 1 aliphatic rings. The fourth-order valence-corrected chi connectivity index (χ4v) is 3.61. The highest BCUT2D eigenvalue weighted by Gasteiger charge is 2.27. The number of H-pyrrole nitrogens is 1. The zero-order valence-electron chi connectivity index (χ0n) is 14.2. The molecule has 0 bridgehead atoms. The first-order valence-corrected chi connectivity index (χ1v) is 8.60. The summed E-state index contributed by atoms with van der Waals surface area (Å²) in [6.07, 6.45) is 2.20. The maximum Gasteiger partial charge on any atom is 0.271 e. The predicted octanol–water partition coefficient (Wildman–Crippen LogP) is 3.27. The number of para-hydroxylation sites is 2. The van der Waals surface area contributed by atoms with Crippen molar-refractivity contribution in [2.45, 2.75) is 25.4 Å². The van der Waals surface area contributed by atoms with Crippen LogP contribution in [0.2, 0.25) is 0 Å². The molecule has 128 valence electrons. The maximum atomic E-state index is 12.4. The molecule has 0 unspecified atom stereocenters. The Morgan fingerprint density at radius 3 is 3.00 bits per heavy atom. The molecule has 1 fully saturated rings. The van der Waals surface area contributed by atoms with Crippen molar-refractivity contribution in [3.05, 3.63) is 70.1 Å². The van der Waals surface area contributed by atoms with Crippen LogP contribution in [-0.2, 0) is 6.54 Å². The van der Waals surface area contributed by atoms with E-state index in [4.69, 9.17) is 4.74 Å². The Morgan fingerprint density at radius 1 is 1.24 bits per heavy atom. The molecule has 5 nitrogen and oxygen atoms in total. The largest absolute Gasteiger partial charge is 0.497 e. The molecule has 1 N–H and O–H groups in total. The van der Waals surface area contributed by atoms with Gasteiger partial charge in [-0.15, -0.1) is 0 Å². The van der Waals surface area contributed by atoms with Crippen LogP contribution >= 0.6 is 0 Å². The average molecular weight is 335 g/mol. The van der Waals surface area contributed by atoms with Gasteiger partial charge in [-0.3, -0.25) is 9.69 Å². The number of aromatic amines is 1. The van der Waals surface area contributed by atoms with Crippen LogP contribution in [0.5, 0.6) is 5.75 Å². The van der Waals surface area contributed by atoms with Crippen LogP contribution in [0.15, 0.2) is 53.3 Å². The molecule has 1 aromatic heterocycles. The molecule has 0 saturated carbocycles. The van der Waals surface area contributed by atoms with Crippen molar-refractivity contribution < 1.29 is 4.74 Å². The standard InChI is InChI=1S/C20H21N3O2/c1-25-15-7-4-6-14(12-15)19-10-5-11-23(19)13-18-20(24)22-17-9-3-2-8-16(17)21-18/h2-4,6-9,12,19H,5,10-11,13H2,1H3,(H,22,24)/t19-/m1/s1. The van der Waals surface area contributed by atoms with Crippen molar-refractivity contribution in [1.82, 2.24) is 14.9 Å². The third kappa shape index (κ3) is 3.15. The van der Waals surface area contributed by atoms with Gasteiger partial charge < -0.3 is 9.72 Å². The molecule has 3 aromatic rings. The number of fused-ring (bicyclic) bond motifs is 1. The Kier molecular flexibility index (Phi) is 4.24. The summed E-state index contributed by atoms with van der Waals surface area (Å²) in [5.41, 5.74) is 3.31. The number of aromatic nitrogens is 2. The lowest BCUT2D eigenvalue weighted by atomic mass is 10.0. The Hall–Kier alpha value is -2.66. The van der Waals surface area contributed by atoms with Crippen LogP contribution in [0.4, 0.5) is 0 Å². The van der Waals surface area contributed by atoms with Crippen molar-refractivity contribution in [3.8, 4) is 5.75 Å². The smallest absolute Gasteiger partial charge is 0.271 e. The van der Waals surface area contributed by atoms with Gasteiger partial charge in [0, 0.05) is 12.6 Å². The van der Waals surface area contributed by atoms with Gasteiger partial charge in [0.2, 0.25) is 0 Å². The second-order valence-electron chi connectivity index (χ2n) is 6.43. The van der Waals surface area contributed by atoms with Crippen LogP contribution < -0.4 is 10.3 Å². The molecule has 5 heteroatoms. The number of nitrogens with one attached hydrogen (secondary N) is 1. The minimum absolute atomic E-state index is 0.102. The molecular weight excluding hydrogens is 314 g/mol. The van der Waals surface area contributed by atoms with Gasteiger partial charge in [0.05, 0.1) is 18.1 Å². The molecule has 2 heterocycles. The van der Waals surface area contributed by atoms with Crippen molar-refractivity contribution in [2.24, 2.45) is 0 Å². The monoisotopic (exact) mass is 335 g/mol. The lowest BCUT2D eigenvalue weighted by Gasteiger charge is -2.24. The summed E-state index contributed by atoms with van der Waals surface area (Å²) in [6.45, 7) is 1.53. The minimum Gasteiger partial charge on any atom is -0.497 e. The number of ether oxygens (including phenoxy) is 1. The molecular formula is C20H21N3O2. The highest BCUT2D eigenvalue weighted by molar-refractivity contribution is 5.73. The van der Waals surface area contributed by atoms with Crippen LogP contribution in [0, 0.1) is 0 Å². The molecule has 25 heavy (non-hydrogen) atoms. The SMILES string of the molecule is COc1cccc([C@H]2CCCN2Cc2nc3ccccc3[nH]c2=O)c1. The van der Waals surface area contributed by atoms with E-state index in [0.717, 1.165) is 36.2 Å². The fraction of sp³-hybridized carbons (Fsp3) is 0.300. The normalized spacial score (nSPS) is 17.9. The van der Waals surface area contributed by atoms with Gasteiger partial charge in [-0.25, -0.2) is 4.98 Å². The van der Waals surface area contributed by atoms with Crippen molar-refractivity contribution >= 4 is 11.0 Å². The van der Waals surface area contributed by atoms with Crippen molar-refractivity contribution in [3.63, 3.8) is 0 Å². The number of methoxy groups -OCH3 is 1. The summed E-state index contributed by atoms with van der Waals surface area (Å²) in [7, 11) is 1.68. The number of rotatable bonds is 4. The number of likely N-dealkylation sites (tertiary alicyclic amines) is 1. The fourth-order valence-electron chi connectivity index (χ4n) is 3.61. The zero-order chi connectivity index (χ0) is 17.2. The predicted molar refractivity (Wildman–Crippen MR) is 97.7 cm³/mol. The van der Waals surface area contributed by atoms with E-state index in [1.165, 1.54) is 5.56 Å². The average Bonchev–Trinajstić information content (AvgIpc) is 3.10. The molecule has 4 rings (SSSR count). The highest BCUT2D eigenvalue weighted by Crippen LogP contribution is 2.34. The van der Waals surface area contributed by atoms with Crippen molar-refractivity contribution in [2.75, 3.05) is 13.7 Å². The Balaban J connectivity index is 1.63. The molecule has 0 aliphatic carbocycles. The third-order valence-corrected chi connectivity index (χ3v) is 4.86. The first-order chi connectivity index (χ1) is 12.2. The lowest BCUT2D eigenvalue weighted by Crippen LogP contribution is -2.28. The zero-order valence-corrected chi connectivity index (χ0v) is 14.2. The van der Waals surface area contributed by atoms with Gasteiger partial charge in [-0.1, -0.05) is 24.3 Å². The summed E-state index contributed by atoms with van der Waals surface area (Å²) in [4.78, 5) is 22.3. The second kappa shape index (κ2) is 6.69. The van der Waals surface area contributed by atoms with Gasteiger partial charge >= 0.3 is 0 Å². The molecule has 0 amide bonds. The van der Waals surface area contributed by atoms with Gasteiger partial charge in [-0.05, 0) is 49.2 Å². The van der Waals surface area contributed by atoms with E-state index in [9.17, 15) is 4.79 Å². The second-order valence-corrected chi connectivity index (χ2v) is 6.43. The molecule has 1 saturated heterocycles. The Labute approximate surface area is 146 Å². The van der Waals surface area contributed by atoms with Gasteiger partial charge in [0.25, 0.3) is 5.56 Å². The Bertz CT molecular complexity index is 951.